The Kier molecular flexibility index (Phi) is 6.84. The average molecular weight is 389 g/mol. The van der Waals surface area contributed by atoms with Gasteiger partial charge in [-0.05, 0) is 48.0 Å². The molecule has 0 atom stereocenters. The maximum Gasteiger partial charge on any atom is 0.243 e. The van der Waals surface area contributed by atoms with Gasteiger partial charge in [-0.3, -0.25) is 9.59 Å². The van der Waals surface area contributed by atoms with Gasteiger partial charge in [0.05, 0.1) is 6.54 Å². The molecular formula is C23H23N3O3. The molecule has 0 aliphatic heterocycles. The number of rotatable bonds is 8. The zero-order valence-electron chi connectivity index (χ0n) is 16.1. The maximum atomic E-state index is 12.2. The monoisotopic (exact) mass is 389 g/mol. The molecule has 0 saturated heterocycles. The molecule has 0 spiro atoms. The molecule has 0 aromatic heterocycles. The lowest BCUT2D eigenvalue weighted by molar-refractivity contribution is -0.115. The van der Waals surface area contributed by atoms with Crippen molar-refractivity contribution in [3.8, 4) is 5.75 Å². The van der Waals surface area contributed by atoms with E-state index in [0.717, 1.165) is 17.0 Å². The van der Waals surface area contributed by atoms with Gasteiger partial charge in [-0.2, -0.15) is 0 Å². The number of carbonyl (C=O) groups is 2. The molecule has 3 rings (SSSR count). The SMILES string of the molecule is CC(=O)Nc1cccc(NCC(=O)Nc2ccc(OCc3ccccc3)cc2)c1. The van der Waals surface area contributed by atoms with Crippen LogP contribution in [0.15, 0.2) is 78.9 Å². The number of hydrogen-bond donors (Lipinski definition) is 3. The van der Waals surface area contributed by atoms with E-state index in [4.69, 9.17) is 4.74 Å². The Labute approximate surface area is 169 Å². The minimum absolute atomic E-state index is 0.107. The smallest absolute Gasteiger partial charge is 0.243 e. The van der Waals surface area contributed by atoms with Gasteiger partial charge in [0.1, 0.15) is 12.4 Å². The Bertz CT molecular complexity index is 957. The summed E-state index contributed by atoms with van der Waals surface area (Å²) in [7, 11) is 0. The van der Waals surface area contributed by atoms with Crippen LogP contribution in [0.3, 0.4) is 0 Å². The van der Waals surface area contributed by atoms with E-state index >= 15 is 0 Å². The Hall–Kier alpha value is -3.80. The van der Waals surface area contributed by atoms with E-state index in [9.17, 15) is 9.59 Å². The van der Waals surface area contributed by atoms with Gasteiger partial charge in [-0.25, -0.2) is 0 Å². The van der Waals surface area contributed by atoms with E-state index in [-0.39, 0.29) is 18.4 Å². The Morgan fingerprint density at radius 3 is 2.24 bits per heavy atom. The third-order valence-electron chi connectivity index (χ3n) is 4.02. The summed E-state index contributed by atoms with van der Waals surface area (Å²) in [6.45, 7) is 2.05. The molecule has 0 heterocycles. The van der Waals surface area contributed by atoms with Gasteiger partial charge in [0, 0.05) is 24.0 Å². The third kappa shape index (κ3) is 6.70. The number of carbonyl (C=O) groups excluding carboxylic acids is 2. The molecule has 0 saturated carbocycles. The first kappa shape index (κ1) is 19.9. The van der Waals surface area contributed by atoms with Gasteiger partial charge < -0.3 is 20.7 Å². The van der Waals surface area contributed by atoms with Crippen LogP contribution in [0, 0.1) is 0 Å². The molecule has 0 aliphatic carbocycles. The van der Waals surface area contributed by atoms with Crippen LogP contribution in [0.25, 0.3) is 0 Å². The minimum atomic E-state index is -0.173. The number of anilines is 3. The van der Waals surface area contributed by atoms with Crippen molar-refractivity contribution in [2.24, 2.45) is 0 Å². The van der Waals surface area contributed by atoms with Crippen molar-refractivity contribution in [2.45, 2.75) is 13.5 Å². The highest BCUT2D eigenvalue weighted by molar-refractivity contribution is 5.94. The van der Waals surface area contributed by atoms with Crippen molar-refractivity contribution in [1.82, 2.24) is 0 Å². The summed E-state index contributed by atoms with van der Waals surface area (Å²) in [5, 5.41) is 8.58. The second-order valence-electron chi connectivity index (χ2n) is 6.46. The molecule has 3 aromatic carbocycles. The summed E-state index contributed by atoms with van der Waals surface area (Å²) < 4.78 is 5.74. The third-order valence-corrected chi connectivity index (χ3v) is 4.02. The first-order valence-electron chi connectivity index (χ1n) is 9.27. The van der Waals surface area contributed by atoms with E-state index in [0.29, 0.717) is 18.0 Å². The van der Waals surface area contributed by atoms with Crippen LogP contribution in [0.5, 0.6) is 5.75 Å². The van der Waals surface area contributed by atoms with Crippen LogP contribution in [-0.4, -0.2) is 18.4 Å². The molecule has 0 bridgehead atoms. The molecule has 148 valence electrons. The topological polar surface area (TPSA) is 79.5 Å². The number of ether oxygens (including phenoxy) is 1. The van der Waals surface area contributed by atoms with Gasteiger partial charge in [0.2, 0.25) is 11.8 Å². The zero-order chi connectivity index (χ0) is 20.5. The predicted octanol–water partition coefficient (Wildman–Crippen LogP) is 4.27. The molecule has 0 unspecified atom stereocenters. The summed E-state index contributed by atoms with van der Waals surface area (Å²) in [4.78, 5) is 23.3. The summed E-state index contributed by atoms with van der Waals surface area (Å²) in [6, 6.07) is 24.4. The molecule has 29 heavy (non-hydrogen) atoms. The summed E-state index contributed by atoms with van der Waals surface area (Å²) in [5.41, 5.74) is 3.21. The highest BCUT2D eigenvalue weighted by Crippen LogP contribution is 2.18. The van der Waals surface area contributed by atoms with E-state index in [2.05, 4.69) is 16.0 Å². The first-order valence-corrected chi connectivity index (χ1v) is 9.27. The van der Waals surface area contributed by atoms with E-state index in [1.807, 2.05) is 48.5 Å². The van der Waals surface area contributed by atoms with E-state index in [1.165, 1.54) is 6.92 Å². The Morgan fingerprint density at radius 2 is 1.52 bits per heavy atom. The summed E-state index contributed by atoms with van der Waals surface area (Å²) in [5.74, 6) is 0.420. The Balaban J connectivity index is 1.46. The van der Waals surface area contributed by atoms with Crippen molar-refractivity contribution in [3.05, 3.63) is 84.4 Å². The van der Waals surface area contributed by atoms with Gasteiger partial charge in [-0.1, -0.05) is 36.4 Å². The summed E-state index contributed by atoms with van der Waals surface area (Å²) in [6.07, 6.45) is 0. The number of amides is 2. The molecule has 3 N–H and O–H groups in total. The van der Waals surface area contributed by atoms with Crippen LogP contribution < -0.4 is 20.7 Å². The Morgan fingerprint density at radius 1 is 0.793 bits per heavy atom. The molecule has 3 aromatic rings. The predicted molar refractivity (Wildman–Crippen MR) is 115 cm³/mol. The van der Waals surface area contributed by atoms with Gasteiger partial charge >= 0.3 is 0 Å². The standard InChI is InChI=1S/C23H23N3O3/c1-17(27)25-21-9-5-8-20(14-21)24-15-23(28)26-19-10-12-22(13-11-19)29-16-18-6-3-2-4-7-18/h2-14,24H,15-16H2,1H3,(H,25,27)(H,26,28). The van der Waals surface area contributed by atoms with Crippen molar-refractivity contribution in [3.63, 3.8) is 0 Å². The van der Waals surface area contributed by atoms with Crippen LogP contribution in [0.1, 0.15) is 12.5 Å². The second-order valence-corrected chi connectivity index (χ2v) is 6.46. The van der Waals surface area contributed by atoms with Crippen LogP contribution in [0.4, 0.5) is 17.1 Å². The normalized spacial score (nSPS) is 10.1. The minimum Gasteiger partial charge on any atom is -0.489 e. The molecule has 0 radical (unpaired) electrons. The fourth-order valence-corrected chi connectivity index (χ4v) is 2.67. The highest BCUT2D eigenvalue weighted by Gasteiger charge is 2.04. The lowest BCUT2D eigenvalue weighted by atomic mass is 10.2. The lowest BCUT2D eigenvalue weighted by Gasteiger charge is -2.10. The average Bonchev–Trinajstić information content (AvgIpc) is 2.72. The van der Waals surface area contributed by atoms with Crippen LogP contribution in [0.2, 0.25) is 0 Å². The zero-order valence-corrected chi connectivity index (χ0v) is 16.1. The van der Waals surface area contributed by atoms with Crippen molar-refractivity contribution in [1.29, 1.82) is 0 Å². The largest absolute Gasteiger partial charge is 0.489 e. The van der Waals surface area contributed by atoms with Crippen LogP contribution >= 0.6 is 0 Å². The maximum absolute atomic E-state index is 12.2. The van der Waals surface area contributed by atoms with Crippen molar-refractivity contribution < 1.29 is 14.3 Å². The molecule has 6 heteroatoms. The van der Waals surface area contributed by atoms with Crippen molar-refractivity contribution >= 4 is 28.9 Å². The fraction of sp³-hybridized carbons (Fsp3) is 0.130. The van der Waals surface area contributed by atoms with Crippen molar-refractivity contribution in [2.75, 3.05) is 22.5 Å². The number of nitrogens with one attached hydrogen (secondary N) is 3. The quantitative estimate of drug-likeness (QED) is 0.537. The molecule has 0 aliphatic rings. The second kappa shape index (κ2) is 9.94. The molecule has 0 fully saturated rings. The van der Waals surface area contributed by atoms with Gasteiger partial charge in [0.25, 0.3) is 0 Å². The highest BCUT2D eigenvalue weighted by atomic mass is 16.5. The summed E-state index contributed by atoms with van der Waals surface area (Å²) >= 11 is 0. The van der Waals surface area contributed by atoms with Crippen LogP contribution in [-0.2, 0) is 16.2 Å². The number of hydrogen-bond acceptors (Lipinski definition) is 4. The first-order chi connectivity index (χ1) is 14.1. The van der Waals surface area contributed by atoms with Gasteiger partial charge in [0.15, 0.2) is 0 Å². The number of benzene rings is 3. The lowest BCUT2D eigenvalue weighted by Crippen LogP contribution is -2.21. The molecular weight excluding hydrogens is 366 g/mol. The van der Waals surface area contributed by atoms with Gasteiger partial charge in [-0.15, -0.1) is 0 Å². The fourth-order valence-electron chi connectivity index (χ4n) is 2.67. The molecule has 6 nitrogen and oxygen atoms in total. The van der Waals surface area contributed by atoms with E-state index < -0.39 is 0 Å². The van der Waals surface area contributed by atoms with E-state index in [1.54, 1.807) is 30.3 Å². The molecule has 2 amide bonds.